The van der Waals surface area contributed by atoms with Crippen molar-refractivity contribution in [2.75, 3.05) is 4.90 Å². The van der Waals surface area contributed by atoms with Gasteiger partial charge in [0.25, 0.3) is 0 Å². The van der Waals surface area contributed by atoms with Gasteiger partial charge in [-0.25, -0.2) is 0 Å². The fourth-order valence-corrected chi connectivity index (χ4v) is 9.12. The minimum atomic E-state index is 1.12. The van der Waals surface area contributed by atoms with E-state index in [4.69, 9.17) is 0 Å². The van der Waals surface area contributed by atoms with Crippen molar-refractivity contribution >= 4 is 80.9 Å². The van der Waals surface area contributed by atoms with Crippen LogP contribution in [0.3, 0.4) is 0 Å². The standard InChI is InChI=1S/C48H31NS/c1-3-13-32(14-4-1)34-23-26-37(27-24-34)49(38-28-25-33-15-7-8-18-36(33)31-38)44-30-29-43-46-41-21-11-9-19-39(41)40-20-10-12-22-42(40)47(46)50-48(43)45(44)35-16-5-2-6-17-35/h1-31H. The smallest absolute Gasteiger partial charge is 0.0554 e. The van der Waals surface area contributed by atoms with Gasteiger partial charge in [0.15, 0.2) is 0 Å². The Balaban J connectivity index is 1.30. The lowest BCUT2D eigenvalue weighted by Crippen LogP contribution is -2.11. The number of hydrogen-bond donors (Lipinski definition) is 0. The second-order valence-corrected chi connectivity index (χ2v) is 13.9. The molecule has 0 unspecified atom stereocenters. The molecule has 0 saturated carbocycles. The van der Waals surface area contributed by atoms with Crippen LogP contribution in [0.4, 0.5) is 17.1 Å². The Morgan fingerprint density at radius 2 is 0.900 bits per heavy atom. The van der Waals surface area contributed by atoms with Gasteiger partial charge in [-0.3, -0.25) is 0 Å². The minimum absolute atomic E-state index is 1.12. The minimum Gasteiger partial charge on any atom is -0.310 e. The molecule has 1 nitrogen and oxygen atoms in total. The van der Waals surface area contributed by atoms with E-state index in [9.17, 15) is 0 Å². The Morgan fingerprint density at radius 3 is 1.64 bits per heavy atom. The van der Waals surface area contributed by atoms with Gasteiger partial charge in [-0.15, -0.1) is 11.3 Å². The van der Waals surface area contributed by atoms with E-state index in [0.717, 1.165) is 17.1 Å². The van der Waals surface area contributed by atoms with Gasteiger partial charge in [-0.1, -0.05) is 158 Å². The van der Waals surface area contributed by atoms with Gasteiger partial charge in [0.2, 0.25) is 0 Å². The van der Waals surface area contributed by atoms with Crippen molar-refractivity contribution in [2.45, 2.75) is 0 Å². The van der Waals surface area contributed by atoms with Crippen LogP contribution in [0.15, 0.2) is 188 Å². The van der Waals surface area contributed by atoms with E-state index in [1.54, 1.807) is 0 Å². The third-order valence-electron chi connectivity index (χ3n) is 10.0. The van der Waals surface area contributed by atoms with Crippen molar-refractivity contribution in [1.82, 2.24) is 0 Å². The molecule has 0 fully saturated rings. The van der Waals surface area contributed by atoms with Crippen LogP contribution in [-0.2, 0) is 0 Å². The van der Waals surface area contributed by atoms with E-state index in [0.29, 0.717) is 0 Å². The Kier molecular flexibility index (Phi) is 6.75. The van der Waals surface area contributed by atoms with Crippen molar-refractivity contribution in [2.24, 2.45) is 0 Å². The first kappa shape index (κ1) is 28.8. The molecule has 0 saturated heterocycles. The Hall–Kier alpha value is -6.22. The maximum atomic E-state index is 2.45. The maximum absolute atomic E-state index is 2.45. The lowest BCUT2D eigenvalue weighted by molar-refractivity contribution is 1.30. The van der Waals surface area contributed by atoms with Gasteiger partial charge in [-0.2, -0.15) is 0 Å². The summed E-state index contributed by atoms with van der Waals surface area (Å²) in [4.78, 5) is 2.45. The zero-order valence-corrected chi connectivity index (χ0v) is 28.1. The number of rotatable bonds is 5. The van der Waals surface area contributed by atoms with Crippen LogP contribution in [0.5, 0.6) is 0 Å². The van der Waals surface area contributed by atoms with Crippen molar-refractivity contribution in [3.63, 3.8) is 0 Å². The number of thiophene rings is 1. The molecule has 0 atom stereocenters. The number of fused-ring (bicyclic) bond motifs is 9. The fraction of sp³-hybridized carbons (Fsp3) is 0. The Bertz CT molecular complexity index is 2850. The van der Waals surface area contributed by atoms with Crippen molar-refractivity contribution < 1.29 is 0 Å². The largest absolute Gasteiger partial charge is 0.310 e. The van der Waals surface area contributed by atoms with Crippen LogP contribution in [0.2, 0.25) is 0 Å². The summed E-state index contributed by atoms with van der Waals surface area (Å²) in [5, 5.41) is 10.3. The molecule has 0 spiro atoms. The quantitative estimate of drug-likeness (QED) is 0.167. The van der Waals surface area contributed by atoms with Crippen molar-refractivity contribution in [1.29, 1.82) is 0 Å². The summed E-state index contributed by atoms with van der Waals surface area (Å²) < 4.78 is 2.64. The van der Waals surface area contributed by atoms with E-state index in [2.05, 4.69) is 193 Å². The number of hydrogen-bond acceptors (Lipinski definition) is 2. The third kappa shape index (κ3) is 4.61. The predicted octanol–water partition coefficient (Wildman–Crippen LogP) is 14.3. The molecule has 0 bridgehead atoms. The van der Waals surface area contributed by atoms with Crippen LogP contribution in [0.1, 0.15) is 0 Å². The fourth-order valence-electron chi connectivity index (χ4n) is 7.71. The molecule has 10 rings (SSSR count). The molecule has 0 N–H and O–H groups in total. The van der Waals surface area contributed by atoms with Gasteiger partial charge >= 0.3 is 0 Å². The Labute approximate surface area is 294 Å². The Morgan fingerprint density at radius 1 is 0.340 bits per heavy atom. The van der Waals surface area contributed by atoms with Gasteiger partial charge in [-0.05, 0) is 74.0 Å². The second-order valence-electron chi connectivity index (χ2n) is 12.9. The summed E-state index contributed by atoms with van der Waals surface area (Å²) in [6.45, 7) is 0. The molecule has 0 aliphatic rings. The summed E-state index contributed by atoms with van der Waals surface area (Å²) in [5.74, 6) is 0. The van der Waals surface area contributed by atoms with Crippen molar-refractivity contribution in [3.8, 4) is 22.3 Å². The lowest BCUT2D eigenvalue weighted by atomic mass is 9.94. The molecular weight excluding hydrogens is 623 g/mol. The molecule has 2 heteroatoms. The molecule has 9 aromatic carbocycles. The van der Waals surface area contributed by atoms with E-state index in [1.807, 2.05) is 11.3 Å². The predicted molar refractivity (Wildman–Crippen MR) is 217 cm³/mol. The van der Waals surface area contributed by atoms with Gasteiger partial charge in [0, 0.05) is 42.5 Å². The van der Waals surface area contributed by atoms with Crippen molar-refractivity contribution in [3.05, 3.63) is 188 Å². The second kappa shape index (κ2) is 11.7. The van der Waals surface area contributed by atoms with Crippen LogP contribution >= 0.6 is 11.3 Å². The average molecular weight is 654 g/mol. The van der Waals surface area contributed by atoms with Gasteiger partial charge in [0.05, 0.1) is 5.69 Å². The first-order valence-electron chi connectivity index (χ1n) is 17.1. The highest BCUT2D eigenvalue weighted by molar-refractivity contribution is 7.27. The highest BCUT2D eigenvalue weighted by Crippen LogP contribution is 2.51. The summed E-state index contributed by atoms with van der Waals surface area (Å²) in [5.41, 5.74) is 8.28. The molecule has 1 aromatic heterocycles. The molecular formula is C48H31NS. The van der Waals surface area contributed by atoms with E-state index in [-0.39, 0.29) is 0 Å². The van der Waals surface area contributed by atoms with E-state index >= 15 is 0 Å². The summed E-state index contributed by atoms with van der Waals surface area (Å²) >= 11 is 1.93. The number of anilines is 3. The van der Waals surface area contributed by atoms with E-state index in [1.165, 1.54) is 74.7 Å². The maximum Gasteiger partial charge on any atom is 0.0554 e. The SMILES string of the molecule is c1ccc(-c2ccc(N(c3ccc4ccccc4c3)c3ccc4c(sc5c6ccccc6c6ccccc6c45)c3-c3ccccc3)cc2)cc1. The monoisotopic (exact) mass is 653 g/mol. The zero-order chi connectivity index (χ0) is 33.0. The first-order chi connectivity index (χ1) is 24.8. The lowest BCUT2D eigenvalue weighted by Gasteiger charge is -2.29. The highest BCUT2D eigenvalue weighted by atomic mass is 32.1. The van der Waals surface area contributed by atoms with Crippen LogP contribution in [-0.4, -0.2) is 0 Å². The number of benzene rings is 9. The summed E-state index contributed by atoms with van der Waals surface area (Å²) in [6, 6.07) is 68.5. The molecule has 0 amide bonds. The third-order valence-corrected chi connectivity index (χ3v) is 11.3. The van der Waals surface area contributed by atoms with Crippen LogP contribution in [0, 0.1) is 0 Å². The van der Waals surface area contributed by atoms with Crippen LogP contribution < -0.4 is 4.90 Å². The molecule has 0 aliphatic heterocycles. The molecule has 0 aliphatic carbocycles. The van der Waals surface area contributed by atoms with Gasteiger partial charge in [0.1, 0.15) is 0 Å². The topological polar surface area (TPSA) is 3.24 Å². The van der Waals surface area contributed by atoms with Gasteiger partial charge < -0.3 is 4.90 Å². The molecule has 10 aromatic rings. The van der Waals surface area contributed by atoms with E-state index < -0.39 is 0 Å². The molecule has 50 heavy (non-hydrogen) atoms. The summed E-state index contributed by atoms with van der Waals surface area (Å²) in [7, 11) is 0. The zero-order valence-electron chi connectivity index (χ0n) is 27.3. The normalized spacial score (nSPS) is 11.6. The summed E-state index contributed by atoms with van der Waals surface area (Å²) in [6.07, 6.45) is 0. The van der Waals surface area contributed by atoms with Crippen LogP contribution in [0.25, 0.3) is 74.7 Å². The highest BCUT2D eigenvalue weighted by Gasteiger charge is 2.23. The first-order valence-corrected chi connectivity index (χ1v) is 17.9. The molecule has 1 heterocycles. The molecule has 234 valence electrons. The average Bonchev–Trinajstić information content (AvgIpc) is 3.59. The number of nitrogens with zero attached hydrogens (tertiary/aromatic N) is 1. The molecule has 0 radical (unpaired) electrons.